The number of carbonyl (C=O) groups excluding carboxylic acids is 2. The monoisotopic (exact) mass is 566 g/mol. The van der Waals surface area contributed by atoms with Gasteiger partial charge in [0.05, 0.1) is 5.52 Å². The van der Waals surface area contributed by atoms with Gasteiger partial charge in [-0.1, -0.05) is 30.3 Å². The Morgan fingerprint density at radius 1 is 0.976 bits per heavy atom. The maximum atomic E-state index is 13.2. The van der Waals surface area contributed by atoms with Gasteiger partial charge in [-0.15, -0.1) is 0 Å². The lowest BCUT2D eigenvalue weighted by Gasteiger charge is -2.32. The predicted molar refractivity (Wildman–Crippen MR) is 167 cm³/mol. The molecule has 1 N–H and O–H groups in total. The molecule has 2 amide bonds. The number of benzene rings is 3. The summed E-state index contributed by atoms with van der Waals surface area (Å²) in [5, 5.41) is 4.10. The van der Waals surface area contributed by atoms with Crippen LogP contribution in [-0.2, 0) is 11.3 Å². The number of likely N-dealkylation sites (tertiary alicyclic amines) is 1. The number of piperidine rings is 1. The van der Waals surface area contributed by atoms with E-state index < -0.39 is 0 Å². The Morgan fingerprint density at radius 2 is 1.64 bits per heavy atom. The van der Waals surface area contributed by atoms with Crippen molar-refractivity contribution in [2.45, 2.75) is 45.6 Å². The molecule has 7 heteroatoms. The summed E-state index contributed by atoms with van der Waals surface area (Å²) in [7, 11) is 3.64. The van der Waals surface area contributed by atoms with E-state index in [-0.39, 0.29) is 17.6 Å². The van der Waals surface area contributed by atoms with Gasteiger partial charge in [-0.3, -0.25) is 19.5 Å². The van der Waals surface area contributed by atoms with E-state index in [2.05, 4.69) is 16.3 Å². The number of rotatable bonds is 9. The third kappa shape index (κ3) is 7.21. The van der Waals surface area contributed by atoms with Gasteiger partial charge in [0.1, 0.15) is 5.82 Å². The van der Waals surface area contributed by atoms with Crippen LogP contribution >= 0.6 is 0 Å². The molecule has 1 aromatic heterocycles. The van der Waals surface area contributed by atoms with Crippen molar-refractivity contribution >= 4 is 28.4 Å². The van der Waals surface area contributed by atoms with Gasteiger partial charge >= 0.3 is 0 Å². The van der Waals surface area contributed by atoms with E-state index in [9.17, 15) is 14.0 Å². The number of hydrogen-bond donors (Lipinski definition) is 1. The van der Waals surface area contributed by atoms with Crippen molar-refractivity contribution in [2.75, 3.05) is 32.5 Å². The molecule has 1 aliphatic heterocycles. The highest BCUT2D eigenvalue weighted by Crippen LogP contribution is 2.28. The van der Waals surface area contributed by atoms with E-state index in [1.54, 1.807) is 29.2 Å². The van der Waals surface area contributed by atoms with Crippen LogP contribution in [-0.4, -0.2) is 53.8 Å². The van der Waals surface area contributed by atoms with Crippen LogP contribution in [0.1, 0.15) is 53.6 Å². The van der Waals surface area contributed by atoms with Crippen molar-refractivity contribution < 1.29 is 14.0 Å². The fraction of sp³-hybridized carbons (Fsp3) is 0.343. The number of aromatic nitrogens is 1. The minimum absolute atomic E-state index is 0.188. The summed E-state index contributed by atoms with van der Waals surface area (Å²) in [5.74, 6) is 0.460. The van der Waals surface area contributed by atoms with Crippen LogP contribution in [0.15, 0.2) is 72.9 Å². The zero-order valence-corrected chi connectivity index (χ0v) is 24.7. The quantitative estimate of drug-likeness (QED) is 0.235. The van der Waals surface area contributed by atoms with Crippen LogP contribution in [0, 0.1) is 18.7 Å². The molecule has 42 heavy (non-hydrogen) atoms. The van der Waals surface area contributed by atoms with E-state index in [4.69, 9.17) is 4.98 Å². The highest BCUT2D eigenvalue weighted by molar-refractivity contribution is 6.06. The Hall–Kier alpha value is -4.10. The van der Waals surface area contributed by atoms with E-state index in [1.807, 2.05) is 51.5 Å². The Kier molecular flexibility index (Phi) is 9.28. The van der Waals surface area contributed by atoms with Crippen molar-refractivity contribution in [3.05, 3.63) is 95.4 Å². The van der Waals surface area contributed by atoms with Crippen molar-refractivity contribution in [3.8, 4) is 11.1 Å². The molecule has 0 atom stereocenters. The number of fused-ring (bicyclic) bond motifs is 1. The lowest BCUT2D eigenvalue weighted by molar-refractivity contribution is -0.128. The number of amides is 2. The first kappa shape index (κ1) is 29.4. The second-order valence-electron chi connectivity index (χ2n) is 11.6. The van der Waals surface area contributed by atoms with Gasteiger partial charge in [0.15, 0.2) is 0 Å². The Labute approximate surface area is 247 Å². The summed E-state index contributed by atoms with van der Waals surface area (Å²) in [4.78, 5) is 33.8. The molecular weight excluding hydrogens is 527 g/mol. The Bertz CT molecular complexity index is 1540. The molecule has 3 aromatic carbocycles. The molecule has 0 spiro atoms. The number of nitrogens with zero attached hydrogens (tertiary/aromatic N) is 3. The number of halogens is 1. The molecular formula is C35H39FN4O2. The maximum Gasteiger partial charge on any atom is 0.255 e. The number of nitrogens with one attached hydrogen (secondary N) is 1. The molecule has 2 heterocycles. The molecule has 218 valence electrons. The minimum atomic E-state index is -0.274. The zero-order chi connectivity index (χ0) is 29.6. The van der Waals surface area contributed by atoms with Gasteiger partial charge in [0.25, 0.3) is 5.91 Å². The van der Waals surface area contributed by atoms with Crippen LogP contribution in [0.25, 0.3) is 22.0 Å². The predicted octanol–water partition coefficient (Wildman–Crippen LogP) is 7.07. The first-order valence-electron chi connectivity index (χ1n) is 14.7. The number of pyridine rings is 1. The van der Waals surface area contributed by atoms with Gasteiger partial charge in [-0.25, -0.2) is 4.39 Å². The summed E-state index contributed by atoms with van der Waals surface area (Å²) in [6, 6.07) is 19.8. The summed E-state index contributed by atoms with van der Waals surface area (Å²) in [5.41, 5.74) is 6.12. The molecule has 5 rings (SSSR count). The number of anilines is 1. The van der Waals surface area contributed by atoms with Gasteiger partial charge in [-0.2, -0.15) is 0 Å². The van der Waals surface area contributed by atoms with E-state index in [0.717, 1.165) is 65.8 Å². The van der Waals surface area contributed by atoms with Crippen molar-refractivity contribution in [3.63, 3.8) is 0 Å². The molecule has 0 aliphatic carbocycles. The van der Waals surface area contributed by atoms with Crippen LogP contribution in [0.3, 0.4) is 0 Å². The normalized spacial score (nSPS) is 14.2. The average Bonchev–Trinajstić information content (AvgIpc) is 3.00. The fourth-order valence-electron chi connectivity index (χ4n) is 5.72. The molecule has 4 aromatic rings. The molecule has 1 fully saturated rings. The molecule has 0 radical (unpaired) electrons. The molecule has 1 aliphatic rings. The topological polar surface area (TPSA) is 65.5 Å². The number of aryl methyl sites for hydroxylation is 1. The largest absolute Gasteiger partial charge is 0.349 e. The molecule has 0 unspecified atom stereocenters. The van der Waals surface area contributed by atoms with Gasteiger partial charge in [0.2, 0.25) is 5.91 Å². The van der Waals surface area contributed by atoms with Crippen LogP contribution in [0.5, 0.6) is 0 Å². The van der Waals surface area contributed by atoms with E-state index in [1.165, 1.54) is 30.5 Å². The highest BCUT2D eigenvalue weighted by Gasteiger charge is 2.20. The molecule has 6 nitrogen and oxygen atoms in total. The second kappa shape index (κ2) is 13.3. The maximum absolute atomic E-state index is 13.2. The lowest BCUT2D eigenvalue weighted by Crippen LogP contribution is -2.33. The molecule has 0 bridgehead atoms. The first-order chi connectivity index (χ1) is 20.3. The van der Waals surface area contributed by atoms with Crippen molar-refractivity contribution in [1.29, 1.82) is 0 Å². The second-order valence-corrected chi connectivity index (χ2v) is 11.6. The minimum Gasteiger partial charge on any atom is -0.349 e. The SMILES string of the molecule is Cc1c(NC(=O)c2ccc(-c3ccc(F)cc3)cc2)ccc2cc(CN3CCC(CCCC(=O)N(C)C)CC3)cnc12. The van der Waals surface area contributed by atoms with Gasteiger partial charge in [0, 0.05) is 49.9 Å². The van der Waals surface area contributed by atoms with Crippen LogP contribution in [0.4, 0.5) is 10.1 Å². The number of hydrogen-bond acceptors (Lipinski definition) is 4. The van der Waals surface area contributed by atoms with E-state index in [0.29, 0.717) is 17.9 Å². The fourth-order valence-corrected chi connectivity index (χ4v) is 5.72. The first-order valence-corrected chi connectivity index (χ1v) is 14.7. The summed E-state index contributed by atoms with van der Waals surface area (Å²) in [6.45, 7) is 5.00. The molecule has 1 saturated heterocycles. The summed E-state index contributed by atoms with van der Waals surface area (Å²) >= 11 is 0. The Balaban J connectivity index is 1.16. The van der Waals surface area contributed by atoms with Crippen molar-refractivity contribution in [1.82, 2.24) is 14.8 Å². The van der Waals surface area contributed by atoms with Gasteiger partial charge in [-0.05, 0) is 110 Å². The zero-order valence-electron chi connectivity index (χ0n) is 24.7. The number of carbonyl (C=O) groups is 2. The van der Waals surface area contributed by atoms with Crippen molar-refractivity contribution in [2.24, 2.45) is 5.92 Å². The van der Waals surface area contributed by atoms with Gasteiger partial charge < -0.3 is 10.2 Å². The molecule has 0 saturated carbocycles. The van der Waals surface area contributed by atoms with Crippen LogP contribution in [0.2, 0.25) is 0 Å². The van der Waals surface area contributed by atoms with Crippen LogP contribution < -0.4 is 5.32 Å². The summed E-state index contributed by atoms with van der Waals surface area (Å²) < 4.78 is 13.2. The smallest absolute Gasteiger partial charge is 0.255 e. The third-order valence-corrected chi connectivity index (χ3v) is 8.35. The van der Waals surface area contributed by atoms with E-state index >= 15 is 0 Å². The summed E-state index contributed by atoms with van der Waals surface area (Å²) in [6.07, 6.45) is 7.05. The average molecular weight is 567 g/mol. The highest BCUT2D eigenvalue weighted by atomic mass is 19.1. The standard InChI is InChI=1S/C35H39FN4O2/c1-24-32(38-35(42)29-9-7-27(8-10-29)28-11-14-31(36)15-12-28)16-13-30-21-26(22-37-34(24)30)23-40-19-17-25(18-20-40)5-4-6-33(41)39(2)3/h7-16,21-22,25H,4-6,17-20,23H2,1-3H3,(H,38,42). The Morgan fingerprint density at radius 3 is 2.31 bits per heavy atom. The third-order valence-electron chi connectivity index (χ3n) is 8.35. The lowest BCUT2D eigenvalue weighted by atomic mass is 9.91.